The molecule has 7 heteroatoms. The SMILES string of the molecule is COC(=O)c1ccc(/C=C2\Oc3c(cc4c(c3C)OCN(CCc3cccs3)C4)C2=O)cc1. The van der Waals surface area contributed by atoms with Crippen LogP contribution in [0.4, 0.5) is 0 Å². The van der Waals surface area contributed by atoms with Gasteiger partial charge in [0.15, 0.2) is 5.76 Å². The van der Waals surface area contributed by atoms with Crippen molar-refractivity contribution in [2.45, 2.75) is 19.9 Å². The Morgan fingerprint density at radius 1 is 1.21 bits per heavy atom. The third-order valence-electron chi connectivity index (χ3n) is 5.89. The minimum absolute atomic E-state index is 0.149. The fraction of sp³-hybridized carbons (Fsp3) is 0.231. The van der Waals surface area contributed by atoms with Crippen LogP contribution in [0.3, 0.4) is 0 Å². The monoisotopic (exact) mass is 461 g/mol. The Labute approximate surface area is 196 Å². The molecule has 2 aromatic carbocycles. The number of hydrogen-bond donors (Lipinski definition) is 0. The number of allylic oxidation sites excluding steroid dienone is 1. The predicted molar refractivity (Wildman–Crippen MR) is 126 cm³/mol. The van der Waals surface area contributed by atoms with E-state index in [1.807, 2.05) is 13.0 Å². The van der Waals surface area contributed by atoms with E-state index in [1.54, 1.807) is 41.7 Å². The van der Waals surface area contributed by atoms with Gasteiger partial charge < -0.3 is 14.2 Å². The molecule has 0 saturated carbocycles. The summed E-state index contributed by atoms with van der Waals surface area (Å²) in [5.41, 5.74) is 3.62. The van der Waals surface area contributed by atoms with Crippen LogP contribution in [0.5, 0.6) is 11.5 Å². The second-order valence-electron chi connectivity index (χ2n) is 8.08. The van der Waals surface area contributed by atoms with Crippen molar-refractivity contribution < 1.29 is 23.8 Å². The van der Waals surface area contributed by atoms with Crippen LogP contribution in [0.1, 0.15) is 42.3 Å². The molecule has 1 aromatic heterocycles. The van der Waals surface area contributed by atoms with E-state index in [1.165, 1.54) is 12.0 Å². The van der Waals surface area contributed by atoms with E-state index in [4.69, 9.17) is 14.2 Å². The Morgan fingerprint density at radius 2 is 2.03 bits per heavy atom. The molecule has 168 valence electrons. The summed E-state index contributed by atoms with van der Waals surface area (Å²) in [6.07, 6.45) is 2.67. The lowest BCUT2D eigenvalue weighted by Crippen LogP contribution is -2.34. The molecule has 0 radical (unpaired) electrons. The van der Waals surface area contributed by atoms with Gasteiger partial charge in [0.25, 0.3) is 0 Å². The molecule has 0 fully saturated rings. The highest BCUT2D eigenvalue weighted by Gasteiger charge is 2.33. The standard InChI is InChI=1S/C26H23NO5S/c1-16-24-19(14-27(15-31-24)10-9-20-4-3-11-33-20)13-21-23(28)22(32-25(16)21)12-17-5-7-18(8-6-17)26(29)30-2/h3-8,11-13H,9-10,14-15H2,1-2H3/b22-12-. The Balaban J connectivity index is 1.35. The average molecular weight is 462 g/mol. The van der Waals surface area contributed by atoms with Crippen molar-refractivity contribution in [2.75, 3.05) is 20.4 Å². The van der Waals surface area contributed by atoms with E-state index in [9.17, 15) is 9.59 Å². The lowest BCUT2D eigenvalue weighted by molar-refractivity contribution is 0.0600. The maximum atomic E-state index is 13.1. The maximum absolute atomic E-state index is 13.1. The summed E-state index contributed by atoms with van der Waals surface area (Å²) < 4.78 is 16.8. The van der Waals surface area contributed by atoms with Crippen molar-refractivity contribution in [3.63, 3.8) is 0 Å². The summed E-state index contributed by atoms with van der Waals surface area (Å²) in [6, 6.07) is 12.9. The van der Waals surface area contributed by atoms with Gasteiger partial charge in [0.2, 0.25) is 5.78 Å². The highest BCUT2D eigenvalue weighted by molar-refractivity contribution is 7.09. The topological polar surface area (TPSA) is 65.1 Å². The molecule has 0 aliphatic carbocycles. The normalized spacial score (nSPS) is 16.2. The van der Waals surface area contributed by atoms with Crippen molar-refractivity contribution in [3.05, 3.63) is 86.3 Å². The van der Waals surface area contributed by atoms with Crippen LogP contribution in [0, 0.1) is 6.92 Å². The lowest BCUT2D eigenvalue weighted by atomic mass is 10.00. The molecule has 0 unspecified atom stereocenters. The molecule has 0 N–H and O–H groups in total. The number of thiophene rings is 1. The van der Waals surface area contributed by atoms with Crippen LogP contribution < -0.4 is 9.47 Å². The lowest BCUT2D eigenvalue weighted by Gasteiger charge is -2.30. The highest BCUT2D eigenvalue weighted by atomic mass is 32.1. The van der Waals surface area contributed by atoms with Gasteiger partial charge >= 0.3 is 5.97 Å². The van der Waals surface area contributed by atoms with Crippen LogP contribution in [-0.4, -0.2) is 37.0 Å². The number of ether oxygens (including phenoxy) is 3. The van der Waals surface area contributed by atoms with Gasteiger partial charge in [-0.2, -0.15) is 0 Å². The molecule has 0 saturated heterocycles. The number of benzene rings is 2. The first-order chi connectivity index (χ1) is 16.0. The minimum atomic E-state index is -0.402. The van der Waals surface area contributed by atoms with Gasteiger partial charge in [0.05, 0.1) is 18.2 Å². The molecule has 0 amide bonds. The summed E-state index contributed by atoms with van der Waals surface area (Å²) in [4.78, 5) is 28.3. The zero-order chi connectivity index (χ0) is 22.9. The van der Waals surface area contributed by atoms with E-state index in [2.05, 4.69) is 22.4 Å². The van der Waals surface area contributed by atoms with Crippen LogP contribution in [-0.2, 0) is 17.7 Å². The van der Waals surface area contributed by atoms with Gasteiger partial charge in [-0.15, -0.1) is 11.3 Å². The summed E-state index contributed by atoms with van der Waals surface area (Å²) in [5.74, 6) is 1.07. The van der Waals surface area contributed by atoms with E-state index in [-0.39, 0.29) is 11.5 Å². The molecule has 2 aliphatic rings. The smallest absolute Gasteiger partial charge is 0.337 e. The maximum Gasteiger partial charge on any atom is 0.337 e. The molecule has 0 bridgehead atoms. The van der Waals surface area contributed by atoms with Gasteiger partial charge in [-0.25, -0.2) is 4.79 Å². The Bertz CT molecular complexity index is 1240. The molecular weight excluding hydrogens is 438 g/mol. The van der Waals surface area contributed by atoms with Gasteiger partial charge in [0.1, 0.15) is 18.2 Å². The quantitative estimate of drug-likeness (QED) is 0.400. The molecule has 0 spiro atoms. The highest BCUT2D eigenvalue weighted by Crippen LogP contribution is 2.43. The second-order valence-corrected chi connectivity index (χ2v) is 9.11. The van der Waals surface area contributed by atoms with Crippen molar-refractivity contribution in [3.8, 4) is 11.5 Å². The minimum Gasteiger partial charge on any atom is -0.477 e. The van der Waals surface area contributed by atoms with E-state index < -0.39 is 5.97 Å². The van der Waals surface area contributed by atoms with Crippen LogP contribution in [0.25, 0.3) is 6.08 Å². The van der Waals surface area contributed by atoms with Gasteiger partial charge in [-0.1, -0.05) is 18.2 Å². The van der Waals surface area contributed by atoms with E-state index in [0.29, 0.717) is 23.6 Å². The predicted octanol–water partition coefficient (Wildman–Crippen LogP) is 4.85. The third-order valence-corrected chi connectivity index (χ3v) is 6.82. The fourth-order valence-corrected chi connectivity index (χ4v) is 4.85. The summed E-state index contributed by atoms with van der Waals surface area (Å²) >= 11 is 1.76. The molecule has 2 aliphatic heterocycles. The zero-order valence-electron chi connectivity index (χ0n) is 18.4. The van der Waals surface area contributed by atoms with Gasteiger partial charge in [0, 0.05) is 29.1 Å². The van der Waals surface area contributed by atoms with Gasteiger partial charge in [-0.3, -0.25) is 9.69 Å². The number of nitrogens with zero attached hydrogens (tertiary/aromatic N) is 1. The number of esters is 1. The summed E-state index contributed by atoms with van der Waals surface area (Å²) in [7, 11) is 1.34. The second kappa shape index (κ2) is 8.84. The number of Topliss-reactive ketones (excluding diaryl/α,β-unsaturated/α-hetero) is 1. The molecule has 3 aromatic rings. The third kappa shape index (κ3) is 4.17. The summed E-state index contributed by atoms with van der Waals surface area (Å²) in [5, 5.41) is 2.09. The molecule has 6 nitrogen and oxygen atoms in total. The average Bonchev–Trinajstić information content (AvgIpc) is 3.47. The van der Waals surface area contributed by atoms with Crippen molar-refractivity contribution in [1.29, 1.82) is 0 Å². The molecule has 3 heterocycles. The number of carbonyl (C=O) groups is 2. The van der Waals surface area contributed by atoms with E-state index in [0.717, 1.165) is 42.0 Å². The Morgan fingerprint density at radius 3 is 2.76 bits per heavy atom. The molecular formula is C26H23NO5S. The Kier molecular flexibility index (Phi) is 5.74. The molecule has 0 atom stereocenters. The molecule has 33 heavy (non-hydrogen) atoms. The Hall–Kier alpha value is -3.42. The number of carbonyl (C=O) groups excluding carboxylic acids is 2. The number of rotatable bonds is 5. The number of fused-ring (bicyclic) bond motifs is 2. The first kappa shape index (κ1) is 21.4. The van der Waals surface area contributed by atoms with Crippen molar-refractivity contribution in [2.24, 2.45) is 0 Å². The molecule has 5 rings (SSSR count). The summed E-state index contributed by atoms with van der Waals surface area (Å²) in [6.45, 7) is 4.07. The van der Waals surface area contributed by atoms with Crippen LogP contribution in [0.15, 0.2) is 53.6 Å². The van der Waals surface area contributed by atoms with Crippen LogP contribution >= 0.6 is 11.3 Å². The largest absolute Gasteiger partial charge is 0.477 e. The first-order valence-corrected chi connectivity index (χ1v) is 11.6. The number of ketones is 1. The van der Waals surface area contributed by atoms with E-state index >= 15 is 0 Å². The van der Waals surface area contributed by atoms with Gasteiger partial charge in [-0.05, 0) is 54.6 Å². The van der Waals surface area contributed by atoms with Crippen molar-refractivity contribution in [1.82, 2.24) is 4.90 Å². The fourth-order valence-electron chi connectivity index (χ4n) is 4.15. The van der Waals surface area contributed by atoms with Crippen molar-refractivity contribution >= 4 is 29.2 Å². The zero-order valence-corrected chi connectivity index (χ0v) is 19.2. The number of hydrogen-bond acceptors (Lipinski definition) is 7. The first-order valence-electron chi connectivity index (χ1n) is 10.7. The number of methoxy groups -OCH3 is 1. The van der Waals surface area contributed by atoms with Crippen LogP contribution in [0.2, 0.25) is 0 Å².